The van der Waals surface area contributed by atoms with Crippen molar-refractivity contribution in [2.75, 3.05) is 0 Å². The molecule has 0 aromatic rings. The van der Waals surface area contributed by atoms with Gasteiger partial charge in [-0.15, -0.1) is 0 Å². The molecule has 1 atom stereocenters. The van der Waals surface area contributed by atoms with Crippen LogP contribution in [0.3, 0.4) is 0 Å². The van der Waals surface area contributed by atoms with Crippen molar-refractivity contribution in [3.63, 3.8) is 0 Å². The monoisotopic (exact) mass is 236 g/mol. The third-order valence-corrected chi connectivity index (χ3v) is 2.57. The highest BCUT2D eigenvalue weighted by Crippen LogP contribution is 2.12. The van der Waals surface area contributed by atoms with Crippen LogP contribution in [0.5, 0.6) is 0 Å². The standard InChI is InChI=1S/C15H24O2/c1-12(2)8-7-10-13(3)9-5-6-11-14(4)15(16)17/h5-6,8,11,13H,7,9-10H2,1-4H3,(H,16,17)/b6-5+,14-11+. The van der Waals surface area contributed by atoms with Crippen molar-refractivity contribution in [3.8, 4) is 0 Å². The summed E-state index contributed by atoms with van der Waals surface area (Å²) >= 11 is 0. The SMILES string of the molecule is CC(C)=CCCC(C)C/C=C/C=C(\C)C(=O)O. The van der Waals surface area contributed by atoms with Gasteiger partial charge in [0.1, 0.15) is 0 Å². The first-order valence-corrected chi connectivity index (χ1v) is 6.13. The summed E-state index contributed by atoms with van der Waals surface area (Å²) in [4.78, 5) is 10.5. The van der Waals surface area contributed by atoms with Crippen LogP contribution in [0.4, 0.5) is 0 Å². The molecule has 0 saturated carbocycles. The molecule has 2 nitrogen and oxygen atoms in total. The van der Waals surface area contributed by atoms with Gasteiger partial charge in [0.25, 0.3) is 0 Å². The topological polar surface area (TPSA) is 37.3 Å². The minimum atomic E-state index is -0.855. The molecule has 0 heterocycles. The average Bonchev–Trinajstić information content (AvgIpc) is 2.23. The summed E-state index contributed by atoms with van der Waals surface area (Å²) in [6.07, 6.45) is 11.1. The number of carboxylic acids is 1. The van der Waals surface area contributed by atoms with E-state index in [1.54, 1.807) is 13.0 Å². The summed E-state index contributed by atoms with van der Waals surface area (Å²) in [6.45, 7) is 8.05. The maximum absolute atomic E-state index is 10.5. The number of rotatable bonds is 7. The summed E-state index contributed by atoms with van der Waals surface area (Å²) in [5.41, 5.74) is 1.74. The van der Waals surface area contributed by atoms with Gasteiger partial charge in [-0.05, 0) is 46.0 Å². The Morgan fingerprint density at radius 1 is 1.29 bits per heavy atom. The first kappa shape index (κ1) is 15.7. The maximum atomic E-state index is 10.5. The van der Waals surface area contributed by atoms with Gasteiger partial charge >= 0.3 is 5.97 Å². The Morgan fingerprint density at radius 3 is 2.47 bits per heavy atom. The minimum Gasteiger partial charge on any atom is -0.478 e. The summed E-state index contributed by atoms with van der Waals surface area (Å²) in [7, 11) is 0. The maximum Gasteiger partial charge on any atom is 0.331 e. The van der Waals surface area contributed by atoms with Crippen molar-refractivity contribution in [1.82, 2.24) is 0 Å². The Hall–Kier alpha value is -1.31. The largest absolute Gasteiger partial charge is 0.478 e. The molecule has 2 heteroatoms. The van der Waals surface area contributed by atoms with E-state index >= 15 is 0 Å². The molecule has 0 fully saturated rings. The molecule has 0 spiro atoms. The van der Waals surface area contributed by atoms with Crippen LogP contribution < -0.4 is 0 Å². The third-order valence-electron chi connectivity index (χ3n) is 2.57. The lowest BCUT2D eigenvalue weighted by Crippen LogP contribution is -1.95. The van der Waals surface area contributed by atoms with Crippen LogP contribution in [0, 0.1) is 5.92 Å². The van der Waals surface area contributed by atoms with Gasteiger partial charge in [-0.25, -0.2) is 4.79 Å². The van der Waals surface area contributed by atoms with Gasteiger partial charge in [0, 0.05) is 5.57 Å². The summed E-state index contributed by atoms with van der Waals surface area (Å²) < 4.78 is 0. The number of hydrogen-bond donors (Lipinski definition) is 1. The van der Waals surface area contributed by atoms with Crippen LogP contribution in [-0.4, -0.2) is 11.1 Å². The molecule has 1 N–H and O–H groups in total. The Bertz CT molecular complexity index is 318. The molecule has 0 saturated heterocycles. The molecule has 0 aliphatic rings. The summed E-state index contributed by atoms with van der Waals surface area (Å²) in [5, 5.41) is 8.65. The molecule has 0 bridgehead atoms. The lowest BCUT2D eigenvalue weighted by molar-refractivity contribution is -0.132. The van der Waals surface area contributed by atoms with Crippen molar-refractivity contribution in [1.29, 1.82) is 0 Å². The molecule has 0 rings (SSSR count). The zero-order valence-electron chi connectivity index (χ0n) is 11.4. The third kappa shape index (κ3) is 9.61. The number of allylic oxidation sites excluding steroid dienone is 5. The molecule has 1 unspecified atom stereocenters. The zero-order valence-corrected chi connectivity index (χ0v) is 11.4. The number of hydrogen-bond acceptors (Lipinski definition) is 1. The Morgan fingerprint density at radius 2 is 1.94 bits per heavy atom. The molecule has 0 radical (unpaired) electrons. The smallest absolute Gasteiger partial charge is 0.331 e. The van der Waals surface area contributed by atoms with E-state index in [1.807, 2.05) is 12.2 Å². The predicted octanol–water partition coefficient (Wildman–Crippen LogP) is 4.35. The molecule has 96 valence electrons. The highest BCUT2D eigenvalue weighted by molar-refractivity contribution is 5.86. The van der Waals surface area contributed by atoms with Crippen LogP contribution in [-0.2, 0) is 4.79 Å². The van der Waals surface area contributed by atoms with Crippen molar-refractivity contribution in [2.45, 2.75) is 47.0 Å². The Kier molecular flexibility index (Phi) is 8.12. The minimum absolute atomic E-state index is 0.374. The van der Waals surface area contributed by atoms with Gasteiger partial charge in [0.2, 0.25) is 0 Å². The quantitative estimate of drug-likeness (QED) is 0.405. The number of aliphatic carboxylic acids is 1. The van der Waals surface area contributed by atoms with E-state index in [1.165, 1.54) is 12.0 Å². The lowest BCUT2D eigenvalue weighted by atomic mass is 10.0. The van der Waals surface area contributed by atoms with Gasteiger partial charge < -0.3 is 5.11 Å². The van der Waals surface area contributed by atoms with E-state index < -0.39 is 5.97 Å². The van der Waals surface area contributed by atoms with E-state index in [-0.39, 0.29) is 0 Å². The molecule has 0 aliphatic heterocycles. The van der Waals surface area contributed by atoms with Crippen LogP contribution >= 0.6 is 0 Å². The molecule has 17 heavy (non-hydrogen) atoms. The van der Waals surface area contributed by atoms with Crippen LogP contribution in [0.25, 0.3) is 0 Å². The van der Waals surface area contributed by atoms with Crippen molar-refractivity contribution in [2.24, 2.45) is 5.92 Å². The summed E-state index contributed by atoms with van der Waals surface area (Å²) in [6, 6.07) is 0. The van der Waals surface area contributed by atoms with Crippen LogP contribution in [0.15, 0.2) is 35.5 Å². The van der Waals surface area contributed by atoms with Crippen molar-refractivity contribution < 1.29 is 9.90 Å². The molecule has 0 aromatic heterocycles. The Labute approximate surface area is 105 Å². The van der Waals surface area contributed by atoms with Gasteiger partial charge in [-0.2, -0.15) is 0 Å². The van der Waals surface area contributed by atoms with Gasteiger partial charge in [0.15, 0.2) is 0 Å². The van der Waals surface area contributed by atoms with Crippen LogP contribution in [0.1, 0.15) is 47.0 Å². The van der Waals surface area contributed by atoms with E-state index in [4.69, 9.17) is 5.11 Å². The second kappa shape index (κ2) is 8.80. The first-order valence-electron chi connectivity index (χ1n) is 6.13. The van der Waals surface area contributed by atoms with E-state index in [0.717, 1.165) is 12.8 Å². The highest BCUT2D eigenvalue weighted by Gasteiger charge is 1.98. The fourth-order valence-corrected chi connectivity index (χ4v) is 1.37. The zero-order chi connectivity index (χ0) is 13.3. The predicted molar refractivity (Wildman–Crippen MR) is 73.0 cm³/mol. The van der Waals surface area contributed by atoms with Gasteiger partial charge in [-0.3, -0.25) is 0 Å². The molecule has 0 aromatic carbocycles. The lowest BCUT2D eigenvalue weighted by Gasteiger charge is -2.05. The number of carboxylic acid groups (broad SMARTS) is 1. The fraction of sp³-hybridized carbons (Fsp3) is 0.533. The highest BCUT2D eigenvalue weighted by atomic mass is 16.4. The van der Waals surface area contributed by atoms with E-state index in [2.05, 4.69) is 26.8 Å². The summed E-state index contributed by atoms with van der Waals surface area (Å²) in [5.74, 6) is -0.216. The second-order valence-electron chi connectivity index (χ2n) is 4.78. The normalized spacial score (nSPS) is 13.8. The van der Waals surface area contributed by atoms with Gasteiger partial charge in [0.05, 0.1) is 0 Å². The average molecular weight is 236 g/mol. The fourth-order valence-electron chi connectivity index (χ4n) is 1.37. The number of carbonyl (C=O) groups is 1. The second-order valence-corrected chi connectivity index (χ2v) is 4.78. The molecular weight excluding hydrogens is 212 g/mol. The first-order chi connectivity index (χ1) is 7.93. The Balaban J connectivity index is 3.88. The van der Waals surface area contributed by atoms with E-state index in [9.17, 15) is 4.79 Å². The molecule has 0 amide bonds. The van der Waals surface area contributed by atoms with Crippen molar-refractivity contribution >= 4 is 5.97 Å². The van der Waals surface area contributed by atoms with Gasteiger partial charge in [-0.1, -0.05) is 36.8 Å². The van der Waals surface area contributed by atoms with Crippen molar-refractivity contribution in [3.05, 3.63) is 35.5 Å². The van der Waals surface area contributed by atoms with Crippen LogP contribution in [0.2, 0.25) is 0 Å². The molecule has 0 aliphatic carbocycles. The van der Waals surface area contributed by atoms with E-state index in [0.29, 0.717) is 11.5 Å². The molecular formula is C15H24O2.